The molecule has 2 aliphatic heterocycles. The Kier molecular flexibility index (Phi) is 3.85. The molecule has 3 heterocycles. The Labute approximate surface area is 154 Å². The van der Waals surface area contributed by atoms with Gasteiger partial charge in [0.05, 0.1) is 18.3 Å². The number of aliphatic hydroxyl groups excluding tert-OH is 1. The molecule has 0 unspecified atom stereocenters. The molecule has 0 spiro atoms. The molecule has 2 N–H and O–H groups in total. The van der Waals surface area contributed by atoms with Crippen LogP contribution in [0.4, 0.5) is 11.8 Å². The van der Waals surface area contributed by atoms with Crippen LogP contribution in [0.3, 0.4) is 0 Å². The second kappa shape index (κ2) is 6.23. The van der Waals surface area contributed by atoms with Gasteiger partial charge in [0.2, 0.25) is 5.95 Å². The molecule has 6 rings (SSSR count). The van der Waals surface area contributed by atoms with Crippen LogP contribution >= 0.6 is 0 Å². The standard InChI is InChI=1S/C21H26N4O/c1-13(12-26)22-21-23-18(14-6-7-14)10-20(24-21)25-11-15-8-9-19(25)17-5-3-2-4-16(15)17/h2-5,10,13-15,19,26H,6-9,11-12H2,1H3,(H,22,23,24)/t13-,15+,19-/m0/s1. The predicted molar refractivity (Wildman–Crippen MR) is 103 cm³/mol. The lowest BCUT2D eigenvalue weighted by Gasteiger charge is -2.47. The fraction of sp³-hybridized carbons (Fsp3) is 0.524. The minimum atomic E-state index is -0.0455. The van der Waals surface area contributed by atoms with Crippen molar-refractivity contribution in [1.82, 2.24) is 9.97 Å². The zero-order chi connectivity index (χ0) is 17.7. The lowest BCUT2D eigenvalue weighted by atomic mass is 9.75. The Morgan fingerprint density at radius 1 is 1.12 bits per heavy atom. The average Bonchev–Trinajstić information content (AvgIpc) is 3.53. The van der Waals surface area contributed by atoms with Crippen molar-refractivity contribution in [2.75, 3.05) is 23.4 Å². The van der Waals surface area contributed by atoms with E-state index in [0.717, 1.165) is 18.1 Å². The second-order valence-electron chi connectivity index (χ2n) is 8.05. The Hall–Kier alpha value is -2.14. The van der Waals surface area contributed by atoms with E-state index in [-0.39, 0.29) is 12.6 Å². The third-order valence-corrected chi connectivity index (χ3v) is 6.05. The summed E-state index contributed by atoms with van der Waals surface area (Å²) in [7, 11) is 0. The lowest BCUT2D eigenvalue weighted by molar-refractivity contribution is 0.281. The van der Waals surface area contributed by atoms with Gasteiger partial charge in [0.25, 0.3) is 0 Å². The molecular weight excluding hydrogens is 324 g/mol. The summed E-state index contributed by atoms with van der Waals surface area (Å²) >= 11 is 0. The van der Waals surface area contributed by atoms with Gasteiger partial charge in [-0.25, -0.2) is 4.98 Å². The zero-order valence-corrected chi connectivity index (χ0v) is 15.2. The summed E-state index contributed by atoms with van der Waals surface area (Å²) in [6, 6.07) is 11.5. The summed E-state index contributed by atoms with van der Waals surface area (Å²) in [5.41, 5.74) is 4.15. The van der Waals surface area contributed by atoms with Gasteiger partial charge in [0.1, 0.15) is 5.82 Å². The molecule has 5 heteroatoms. The van der Waals surface area contributed by atoms with Crippen LogP contribution < -0.4 is 10.2 Å². The van der Waals surface area contributed by atoms with Crippen LogP contribution in [0.25, 0.3) is 0 Å². The first kappa shape index (κ1) is 16.1. The summed E-state index contributed by atoms with van der Waals surface area (Å²) < 4.78 is 0. The summed E-state index contributed by atoms with van der Waals surface area (Å²) in [5, 5.41) is 12.6. The van der Waals surface area contributed by atoms with Crippen molar-refractivity contribution in [1.29, 1.82) is 0 Å². The van der Waals surface area contributed by atoms with E-state index in [1.807, 2.05) is 6.92 Å². The highest BCUT2D eigenvalue weighted by Crippen LogP contribution is 2.48. The van der Waals surface area contributed by atoms with Gasteiger partial charge < -0.3 is 15.3 Å². The molecule has 2 aliphatic carbocycles. The minimum absolute atomic E-state index is 0.0455. The highest BCUT2D eigenvalue weighted by Gasteiger charge is 2.39. The van der Waals surface area contributed by atoms with E-state index >= 15 is 0 Å². The molecule has 0 radical (unpaired) electrons. The number of aromatic nitrogens is 2. The largest absolute Gasteiger partial charge is 0.394 e. The van der Waals surface area contributed by atoms with Crippen molar-refractivity contribution in [2.24, 2.45) is 0 Å². The number of hydrogen-bond donors (Lipinski definition) is 2. The number of hydrogen-bond acceptors (Lipinski definition) is 5. The molecule has 2 aromatic rings. The SMILES string of the molecule is C[C@@H](CO)Nc1nc(C2CC2)cc(N2C[C@H]3CC[C@H]2c2ccccc23)n1. The fourth-order valence-corrected chi connectivity index (χ4v) is 4.51. The van der Waals surface area contributed by atoms with Crippen molar-refractivity contribution in [3.05, 3.63) is 47.2 Å². The van der Waals surface area contributed by atoms with Crippen LogP contribution in [0.2, 0.25) is 0 Å². The molecule has 1 saturated carbocycles. The Balaban J connectivity index is 1.52. The molecular formula is C21H26N4O. The number of anilines is 2. The van der Waals surface area contributed by atoms with Gasteiger partial charge in [-0.15, -0.1) is 0 Å². The van der Waals surface area contributed by atoms with Crippen molar-refractivity contribution in [3.8, 4) is 0 Å². The van der Waals surface area contributed by atoms with Gasteiger partial charge in [-0.3, -0.25) is 0 Å². The highest BCUT2D eigenvalue weighted by molar-refractivity contribution is 5.54. The van der Waals surface area contributed by atoms with Gasteiger partial charge in [-0.2, -0.15) is 4.98 Å². The second-order valence-corrected chi connectivity index (χ2v) is 8.05. The molecule has 1 aromatic carbocycles. The zero-order valence-electron chi connectivity index (χ0n) is 15.2. The molecule has 136 valence electrons. The number of aliphatic hydroxyl groups is 1. The number of rotatable bonds is 5. The molecule has 26 heavy (non-hydrogen) atoms. The van der Waals surface area contributed by atoms with Gasteiger partial charge in [0, 0.05) is 30.5 Å². The van der Waals surface area contributed by atoms with E-state index in [4.69, 9.17) is 9.97 Å². The van der Waals surface area contributed by atoms with Crippen LogP contribution in [-0.2, 0) is 0 Å². The number of nitrogens with one attached hydrogen (secondary N) is 1. The molecule has 1 saturated heterocycles. The van der Waals surface area contributed by atoms with Crippen LogP contribution in [0, 0.1) is 0 Å². The van der Waals surface area contributed by atoms with Crippen molar-refractivity contribution < 1.29 is 5.11 Å². The Bertz CT molecular complexity index is 819. The first-order chi connectivity index (χ1) is 12.7. The monoisotopic (exact) mass is 350 g/mol. The lowest BCUT2D eigenvalue weighted by Crippen LogP contribution is -2.43. The molecule has 2 fully saturated rings. The van der Waals surface area contributed by atoms with E-state index in [1.54, 1.807) is 0 Å². The van der Waals surface area contributed by atoms with Gasteiger partial charge in [0.15, 0.2) is 0 Å². The van der Waals surface area contributed by atoms with Gasteiger partial charge in [-0.05, 0) is 43.7 Å². The molecule has 3 atom stereocenters. The maximum atomic E-state index is 9.37. The Morgan fingerprint density at radius 3 is 2.65 bits per heavy atom. The number of benzene rings is 1. The first-order valence-corrected chi connectivity index (χ1v) is 9.84. The summed E-state index contributed by atoms with van der Waals surface area (Å²) in [5.74, 6) is 2.87. The molecule has 2 bridgehead atoms. The van der Waals surface area contributed by atoms with Gasteiger partial charge in [-0.1, -0.05) is 24.3 Å². The van der Waals surface area contributed by atoms with Crippen LogP contribution in [0.15, 0.2) is 30.3 Å². The van der Waals surface area contributed by atoms with Crippen molar-refractivity contribution >= 4 is 11.8 Å². The van der Waals surface area contributed by atoms with Crippen molar-refractivity contribution in [3.63, 3.8) is 0 Å². The smallest absolute Gasteiger partial charge is 0.225 e. The molecule has 4 aliphatic rings. The average molecular weight is 350 g/mol. The summed E-state index contributed by atoms with van der Waals surface area (Å²) in [4.78, 5) is 12.0. The number of fused-ring (bicyclic) bond motifs is 2. The topological polar surface area (TPSA) is 61.3 Å². The van der Waals surface area contributed by atoms with Crippen LogP contribution in [-0.4, -0.2) is 34.3 Å². The summed E-state index contributed by atoms with van der Waals surface area (Å²) in [6.45, 7) is 3.07. The van der Waals surface area contributed by atoms with E-state index < -0.39 is 0 Å². The minimum Gasteiger partial charge on any atom is -0.394 e. The number of nitrogens with zero attached hydrogens (tertiary/aromatic N) is 3. The van der Waals surface area contributed by atoms with E-state index in [9.17, 15) is 5.11 Å². The normalized spacial score (nSPS) is 25.1. The predicted octanol–water partition coefficient (Wildman–Crippen LogP) is 3.59. The van der Waals surface area contributed by atoms with Crippen LogP contribution in [0.1, 0.15) is 67.3 Å². The maximum absolute atomic E-state index is 9.37. The maximum Gasteiger partial charge on any atom is 0.225 e. The Morgan fingerprint density at radius 2 is 1.88 bits per heavy atom. The van der Waals surface area contributed by atoms with E-state index in [2.05, 4.69) is 40.5 Å². The third kappa shape index (κ3) is 2.75. The first-order valence-electron chi connectivity index (χ1n) is 9.84. The molecule has 1 aromatic heterocycles. The molecule has 5 nitrogen and oxygen atoms in total. The number of piperidine rings is 1. The van der Waals surface area contributed by atoms with Crippen molar-refractivity contribution in [2.45, 2.75) is 56.5 Å². The fourth-order valence-electron chi connectivity index (χ4n) is 4.51. The third-order valence-electron chi connectivity index (χ3n) is 6.05. The van der Waals surface area contributed by atoms with Crippen LogP contribution in [0.5, 0.6) is 0 Å². The quantitative estimate of drug-likeness (QED) is 0.863. The van der Waals surface area contributed by atoms with E-state index in [0.29, 0.717) is 23.8 Å². The summed E-state index contributed by atoms with van der Waals surface area (Å²) in [6.07, 6.45) is 4.91. The van der Waals surface area contributed by atoms with Gasteiger partial charge >= 0.3 is 0 Å². The van der Waals surface area contributed by atoms with E-state index in [1.165, 1.54) is 36.8 Å². The highest BCUT2D eigenvalue weighted by atomic mass is 16.3. The molecule has 0 amide bonds.